The summed E-state index contributed by atoms with van der Waals surface area (Å²) in [4.78, 5) is 25.1. The van der Waals surface area contributed by atoms with Gasteiger partial charge in [0.2, 0.25) is 11.8 Å². The molecule has 2 amide bonds. The molecule has 3 aromatic carbocycles. The van der Waals surface area contributed by atoms with Crippen molar-refractivity contribution in [3.05, 3.63) is 90.0 Å². The van der Waals surface area contributed by atoms with E-state index < -0.39 is 17.6 Å². The minimum absolute atomic E-state index is 0.0116. The summed E-state index contributed by atoms with van der Waals surface area (Å²) < 4.78 is 38.3. The fraction of sp³-hybridized carbons (Fsp3) is 0.130. The summed E-state index contributed by atoms with van der Waals surface area (Å²) in [7, 11) is 0. The van der Waals surface area contributed by atoms with Gasteiger partial charge in [0, 0.05) is 16.3 Å². The maximum absolute atomic E-state index is 12.8. The number of thioether (sulfide) groups is 1. The Labute approximate surface area is 181 Å². The van der Waals surface area contributed by atoms with Crippen molar-refractivity contribution in [3.8, 4) is 0 Å². The predicted molar refractivity (Wildman–Crippen MR) is 116 cm³/mol. The highest BCUT2D eigenvalue weighted by Gasteiger charge is 2.30. The second-order valence-corrected chi connectivity index (χ2v) is 7.70. The molecule has 3 rings (SSSR count). The highest BCUT2D eigenvalue weighted by Crippen LogP contribution is 2.30. The quantitative estimate of drug-likeness (QED) is 0.465. The van der Waals surface area contributed by atoms with Crippen LogP contribution in [0, 0.1) is 0 Å². The monoisotopic (exact) mass is 444 g/mol. The molecule has 0 atom stereocenters. The van der Waals surface area contributed by atoms with E-state index in [0.29, 0.717) is 5.69 Å². The Morgan fingerprint density at radius 2 is 1.42 bits per heavy atom. The normalized spacial score (nSPS) is 11.1. The first-order valence-corrected chi connectivity index (χ1v) is 10.3. The molecule has 2 N–H and O–H groups in total. The molecule has 3 aromatic rings. The minimum Gasteiger partial charge on any atom is -0.326 e. The molecular formula is C23H19F3N2O2S. The maximum atomic E-state index is 12.8. The first-order chi connectivity index (χ1) is 14.8. The SMILES string of the molecule is O=C(CSc1cccc(NC(=O)Cc2ccccc2)c1)Nc1cccc(C(F)(F)F)c1. The average molecular weight is 444 g/mol. The molecule has 0 aliphatic carbocycles. The average Bonchev–Trinajstić information content (AvgIpc) is 2.73. The summed E-state index contributed by atoms with van der Waals surface area (Å²) in [6, 6.07) is 20.9. The molecule has 0 spiro atoms. The van der Waals surface area contributed by atoms with Crippen LogP contribution in [-0.2, 0) is 22.2 Å². The Bertz CT molecular complexity index is 1060. The smallest absolute Gasteiger partial charge is 0.326 e. The molecule has 0 saturated carbocycles. The van der Waals surface area contributed by atoms with Gasteiger partial charge in [-0.1, -0.05) is 42.5 Å². The van der Waals surface area contributed by atoms with Crippen LogP contribution in [0.3, 0.4) is 0 Å². The first-order valence-electron chi connectivity index (χ1n) is 9.33. The van der Waals surface area contributed by atoms with E-state index in [2.05, 4.69) is 10.6 Å². The number of carbonyl (C=O) groups is 2. The van der Waals surface area contributed by atoms with Gasteiger partial charge < -0.3 is 10.6 Å². The Morgan fingerprint density at radius 3 is 2.13 bits per heavy atom. The van der Waals surface area contributed by atoms with Crippen LogP contribution in [0.25, 0.3) is 0 Å². The van der Waals surface area contributed by atoms with Gasteiger partial charge in [0.25, 0.3) is 0 Å². The lowest BCUT2D eigenvalue weighted by atomic mass is 10.1. The molecule has 0 saturated heterocycles. The van der Waals surface area contributed by atoms with E-state index in [9.17, 15) is 22.8 Å². The van der Waals surface area contributed by atoms with Gasteiger partial charge in [-0.25, -0.2) is 0 Å². The molecule has 0 aliphatic heterocycles. The zero-order chi connectivity index (χ0) is 22.3. The Balaban J connectivity index is 1.53. The number of benzene rings is 3. The maximum Gasteiger partial charge on any atom is 0.416 e. The number of hydrogen-bond donors (Lipinski definition) is 2. The third kappa shape index (κ3) is 7.18. The van der Waals surface area contributed by atoms with Gasteiger partial charge in [-0.3, -0.25) is 9.59 Å². The molecular weight excluding hydrogens is 425 g/mol. The van der Waals surface area contributed by atoms with Crippen LogP contribution in [0.4, 0.5) is 24.5 Å². The largest absolute Gasteiger partial charge is 0.416 e. The van der Waals surface area contributed by atoms with Crippen molar-refractivity contribution in [2.45, 2.75) is 17.5 Å². The molecule has 160 valence electrons. The van der Waals surface area contributed by atoms with Gasteiger partial charge in [0.15, 0.2) is 0 Å². The molecule has 31 heavy (non-hydrogen) atoms. The summed E-state index contributed by atoms with van der Waals surface area (Å²) in [5, 5.41) is 5.29. The van der Waals surface area contributed by atoms with Crippen molar-refractivity contribution in [2.75, 3.05) is 16.4 Å². The zero-order valence-electron chi connectivity index (χ0n) is 16.3. The summed E-state index contributed by atoms with van der Waals surface area (Å²) in [5.74, 6) is -0.573. The van der Waals surface area contributed by atoms with Crippen LogP contribution in [0.2, 0.25) is 0 Å². The van der Waals surface area contributed by atoms with Crippen LogP contribution in [0.1, 0.15) is 11.1 Å². The highest BCUT2D eigenvalue weighted by atomic mass is 32.2. The summed E-state index contributed by atoms with van der Waals surface area (Å²) in [5.41, 5.74) is 0.764. The number of amides is 2. The van der Waals surface area contributed by atoms with Crippen molar-refractivity contribution < 1.29 is 22.8 Å². The number of anilines is 2. The van der Waals surface area contributed by atoms with Crippen LogP contribution in [0.5, 0.6) is 0 Å². The van der Waals surface area contributed by atoms with Gasteiger partial charge in [-0.05, 0) is 42.0 Å². The van der Waals surface area contributed by atoms with E-state index in [1.807, 2.05) is 30.3 Å². The lowest BCUT2D eigenvalue weighted by molar-refractivity contribution is -0.137. The lowest BCUT2D eigenvalue weighted by Gasteiger charge is -2.10. The van der Waals surface area contributed by atoms with Gasteiger partial charge in [0.05, 0.1) is 17.7 Å². The molecule has 4 nitrogen and oxygen atoms in total. The number of rotatable bonds is 7. The first kappa shape index (κ1) is 22.4. The second kappa shape index (κ2) is 10.2. The summed E-state index contributed by atoms with van der Waals surface area (Å²) in [6.07, 6.45) is -4.22. The zero-order valence-corrected chi connectivity index (χ0v) is 17.1. The number of hydrogen-bond acceptors (Lipinski definition) is 3. The van der Waals surface area contributed by atoms with Gasteiger partial charge in [-0.15, -0.1) is 11.8 Å². The standard InChI is InChI=1S/C23H19F3N2O2S/c24-23(25,26)17-8-4-9-18(13-17)28-22(30)15-31-20-11-5-10-19(14-20)27-21(29)12-16-6-2-1-3-7-16/h1-11,13-14H,12,15H2,(H,27,29)(H,28,30). The van der Waals surface area contributed by atoms with Gasteiger partial charge >= 0.3 is 6.18 Å². The van der Waals surface area contributed by atoms with Crippen molar-refractivity contribution in [1.82, 2.24) is 0 Å². The molecule has 0 bridgehead atoms. The molecule has 0 unspecified atom stereocenters. The molecule has 0 fully saturated rings. The van der Waals surface area contributed by atoms with E-state index in [1.165, 1.54) is 23.9 Å². The summed E-state index contributed by atoms with van der Waals surface area (Å²) >= 11 is 1.22. The van der Waals surface area contributed by atoms with E-state index in [4.69, 9.17) is 0 Å². The third-order valence-corrected chi connectivity index (χ3v) is 5.16. The topological polar surface area (TPSA) is 58.2 Å². The lowest BCUT2D eigenvalue weighted by Crippen LogP contribution is -2.15. The molecule has 8 heteroatoms. The van der Waals surface area contributed by atoms with Crippen LogP contribution in [-0.4, -0.2) is 17.6 Å². The van der Waals surface area contributed by atoms with E-state index in [-0.39, 0.29) is 23.8 Å². The van der Waals surface area contributed by atoms with Crippen LogP contribution < -0.4 is 10.6 Å². The van der Waals surface area contributed by atoms with Crippen molar-refractivity contribution in [1.29, 1.82) is 0 Å². The van der Waals surface area contributed by atoms with E-state index in [1.54, 1.807) is 24.3 Å². The van der Waals surface area contributed by atoms with Gasteiger partial charge in [-0.2, -0.15) is 13.2 Å². The second-order valence-electron chi connectivity index (χ2n) is 6.65. The molecule has 0 radical (unpaired) electrons. The van der Waals surface area contributed by atoms with E-state index >= 15 is 0 Å². The fourth-order valence-corrected chi connectivity index (χ4v) is 3.52. The number of alkyl halides is 3. The minimum atomic E-state index is -4.47. The predicted octanol–water partition coefficient (Wildman–Crippen LogP) is 5.62. The van der Waals surface area contributed by atoms with Crippen molar-refractivity contribution in [3.63, 3.8) is 0 Å². The number of halogens is 3. The van der Waals surface area contributed by atoms with Gasteiger partial charge in [0.1, 0.15) is 0 Å². The highest BCUT2D eigenvalue weighted by molar-refractivity contribution is 8.00. The number of carbonyl (C=O) groups excluding carboxylic acids is 2. The Kier molecular flexibility index (Phi) is 7.36. The Morgan fingerprint density at radius 1 is 0.774 bits per heavy atom. The molecule has 0 aromatic heterocycles. The Hall–Kier alpha value is -3.26. The molecule has 0 heterocycles. The van der Waals surface area contributed by atoms with Crippen molar-refractivity contribution in [2.24, 2.45) is 0 Å². The summed E-state index contributed by atoms with van der Waals surface area (Å²) in [6.45, 7) is 0. The van der Waals surface area contributed by atoms with Crippen molar-refractivity contribution >= 4 is 35.0 Å². The molecule has 0 aliphatic rings. The van der Waals surface area contributed by atoms with E-state index in [0.717, 1.165) is 22.6 Å². The third-order valence-electron chi connectivity index (χ3n) is 4.17. The van der Waals surface area contributed by atoms with Crippen LogP contribution >= 0.6 is 11.8 Å². The van der Waals surface area contributed by atoms with Crippen LogP contribution in [0.15, 0.2) is 83.8 Å². The fourth-order valence-electron chi connectivity index (χ4n) is 2.77. The number of nitrogens with one attached hydrogen (secondary N) is 2.